The van der Waals surface area contributed by atoms with Gasteiger partial charge in [-0.05, 0) is 55.0 Å². The highest BCUT2D eigenvalue weighted by Crippen LogP contribution is 2.35. The quantitative estimate of drug-likeness (QED) is 0.498. The number of hydrogen-bond acceptors (Lipinski definition) is 7. The maximum Gasteiger partial charge on any atom is 0.320 e. The molecule has 0 bridgehead atoms. The molecule has 2 aliphatic rings. The molecule has 0 radical (unpaired) electrons. The van der Waals surface area contributed by atoms with Crippen molar-refractivity contribution in [2.75, 3.05) is 38.5 Å². The van der Waals surface area contributed by atoms with Gasteiger partial charge >= 0.3 is 6.01 Å². The first-order chi connectivity index (χ1) is 16.6. The molecular formula is C26H33N7O. The van der Waals surface area contributed by atoms with E-state index in [1.165, 1.54) is 44.6 Å². The maximum atomic E-state index is 9.72. The van der Waals surface area contributed by atoms with E-state index >= 15 is 0 Å². The molecule has 0 aliphatic carbocycles. The summed E-state index contributed by atoms with van der Waals surface area (Å²) < 4.78 is 7.58. The predicted octanol–water partition coefficient (Wildman–Crippen LogP) is 3.30. The van der Waals surface area contributed by atoms with Gasteiger partial charge in [-0.15, -0.1) is 0 Å². The van der Waals surface area contributed by atoms with Crippen molar-refractivity contribution in [3.05, 3.63) is 47.2 Å². The highest BCUT2D eigenvalue weighted by Gasteiger charge is 2.39. The van der Waals surface area contributed by atoms with Crippen molar-refractivity contribution in [1.82, 2.24) is 24.8 Å². The number of anilines is 1. The van der Waals surface area contributed by atoms with Gasteiger partial charge in [0, 0.05) is 19.6 Å². The molecule has 0 saturated carbocycles. The Morgan fingerprint density at radius 2 is 1.82 bits per heavy atom. The number of fused-ring (bicyclic) bond motifs is 1. The van der Waals surface area contributed by atoms with E-state index in [-0.39, 0.29) is 6.01 Å². The number of piperidine rings is 1. The third-order valence-corrected chi connectivity index (χ3v) is 7.29. The number of nitrogens with two attached hydrogens (primary N) is 1. The van der Waals surface area contributed by atoms with Gasteiger partial charge < -0.3 is 20.4 Å². The third-order valence-electron chi connectivity index (χ3n) is 7.29. The Bertz CT molecular complexity index is 1180. The Morgan fingerprint density at radius 3 is 2.44 bits per heavy atom. The van der Waals surface area contributed by atoms with E-state index in [0.717, 1.165) is 24.9 Å². The molecule has 1 aromatic carbocycles. The van der Waals surface area contributed by atoms with Crippen LogP contribution in [0.4, 0.5) is 5.82 Å². The van der Waals surface area contributed by atoms with Gasteiger partial charge in [-0.3, -0.25) is 4.90 Å². The number of nitriles is 1. The van der Waals surface area contributed by atoms with E-state index in [2.05, 4.69) is 57.4 Å². The van der Waals surface area contributed by atoms with Crippen molar-refractivity contribution in [1.29, 1.82) is 5.26 Å². The van der Waals surface area contributed by atoms with E-state index in [4.69, 9.17) is 10.5 Å². The van der Waals surface area contributed by atoms with Crippen molar-refractivity contribution in [2.24, 2.45) is 5.41 Å². The molecule has 2 aromatic heterocycles. The third kappa shape index (κ3) is 4.59. The molecule has 2 aliphatic heterocycles. The number of likely N-dealkylation sites (tertiary alicyclic amines) is 1. The fraction of sp³-hybridized carbons (Fsp3) is 0.500. The van der Waals surface area contributed by atoms with Crippen LogP contribution in [0.15, 0.2) is 30.3 Å². The van der Waals surface area contributed by atoms with Gasteiger partial charge in [0.2, 0.25) is 0 Å². The molecule has 178 valence electrons. The second kappa shape index (κ2) is 9.61. The molecular weight excluding hydrogens is 426 g/mol. The van der Waals surface area contributed by atoms with E-state index in [9.17, 15) is 5.26 Å². The molecule has 8 heteroatoms. The normalized spacial score (nSPS) is 17.5. The van der Waals surface area contributed by atoms with Crippen molar-refractivity contribution in [3.63, 3.8) is 0 Å². The number of hydrogen-bond donors (Lipinski definition) is 2. The summed E-state index contributed by atoms with van der Waals surface area (Å²) in [5.41, 5.74) is 10.3. The van der Waals surface area contributed by atoms with Gasteiger partial charge in [-0.1, -0.05) is 37.6 Å². The standard InChI is InChI=1S/C26H33N7O/c1-2-3-12-34-25-30-23(28)22-13-21(14-27)33(24(22)31-25)16-20-6-4-19(5-7-20)15-32-10-8-26(9-11-32)17-29-18-26/h4-7,13,29H,2-3,8-12,15-18H2,1H3,(H2,28,30,31). The highest BCUT2D eigenvalue weighted by atomic mass is 16.5. The lowest BCUT2D eigenvalue weighted by Crippen LogP contribution is -2.58. The number of nitrogen functional groups attached to an aromatic ring is 1. The maximum absolute atomic E-state index is 9.72. The van der Waals surface area contributed by atoms with Gasteiger partial charge in [0.25, 0.3) is 0 Å². The zero-order chi connectivity index (χ0) is 23.5. The second-order valence-corrected chi connectivity index (χ2v) is 9.75. The average Bonchev–Trinajstić information content (AvgIpc) is 3.18. The van der Waals surface area contributed by atoms with Gasteiger partial charge in [0.1, 0.15) is 17.6 Å². The fourth-order valence-electron chi connectivity index (χ4n) is 4.96. The predicted molar refractivity (Wildman–Crippen MR) is 132 cm³/mol. The minimum Gasteiger partial charge on any atom is -0.463 e. The van der Waals surface area contributed by atoms with Crippen LogP contribution in [-0.2, 0) is 13.1 Å². The summed E-state index contributed by atoms with van der Waals surface area (Å²) in [6, 6.07) is 13.0. The van der Waals surface area contributed by atoms with Gasteiger partial charge in [-0.2, -0.15) is 15.2 Å². The van der Waals surface area contributed by atoms with Crippen LogP contribution in [-0.4, -0.2) is 52.2 Å². The Balaban J connectivity index is 1.30. The largest absolute Gasteiger partial charge is 0.463 e. The number of rotatable bonds is 8. The lowest BCUT2D eigenvalue weighted by atomic mass is 9.73. The SMILES string of the molecule is CCCCOc1nc(N)c2cc(C#N)n(Cc3ccc(CN4CCC5(CC4)CNC5)cc3)c2n1. The number of benzene rings is 1. The summed E-state index contributed by atoms with van der Waals surface area (Å²) in [6.45, 7) is 8.91. The van der Waals surface area contributed by atoms with Crippen LogP contribution in [0, 0.1) is 16.7 Å². The van der Waals surface area contributed by atoms with Gasteiger partial charge in [0.05, 0.1) is 18.5 Å². The molecule has 1 spiro atoms. The summed E-state index contributed by atoms with van der Waals surface area (Å²) in [6.07, 6.45) is 4.54. The molecule has 2 saturated heterocycles. The van der Waals surface area contributed by atoms with Crippen molar-refractivity contribution < 1.29 is 4.74 Å². The molecule has 4 heterocycles. The average molecular weight is 460 g/mol. The Labute approximate surface area is 200 Å². The summed E-state index contributed by atoms with van der Waals surface area (Å²) in [5, 5.41) is 13.8. The van der Waals surface area contributed by atoms with Crippen molar-refractivity contribution >= 4 is 16.9 Å². The number of unbranched alkanes of at least 4 members (excludes halogenated alkanes) is 1. The molecule has 34 heavy (non-hydrogen) atoms. The molecule has 0 amide bonds. The molecule has 0 unspecified atom stereocenters. The van der Waals surface area contributed by atoms with Crippen LogP contribution in [0.1, 0.15) is 49.4 Å². The Morgan fingerprint density at radius 1 is 1.12 bits per heavy atom. The van der Waals surface area contributed by atoms with E-state index < -0.39 is 0 Å². The van der Waals surface area contributed by atoms with E-state index in [1.807, 2.05) is 4.57 Å². The van der Waals surface area contributed by atoms with Crippen LogP contribution in [0.2, 0.25) is 0 Å². The lowest BCUT2D eigenvalue weighted by molar-refractivity contribution is 0.0520. The van der Waals surface area contributed by atoms with Crippen LogP contribution >= 0.6 is 0 Å². The van der Waals surface area contributed by atoms with Gasteiger partial charge in [-0.25, -0.2) is 0 Å². The number of ether oxygens (including phenoxy) is 1. The fourth-order valence-corrected chi connectivity index (χ4v) is 4.96. The van der Waals surface area contributed by atoms with Crippen LogP contribution in [0.25, 0.3) is 11.0 Å². The molecule has 3 N–H and O–H groups in total. The van der Waals surface area contributed by atoms with Gasteiger partial charge in [0.15, 0.2) is 5.65 Å². The molecule has 8 nitrogen and oxygen atoms in total. The summed E-state index contributed by atoms with van der Waals surface area (Å²) in [5.74, 6) is 0.336. The number of aromatic nitrogens is 3. The molecule has 2 fully saturated rings. The zero-order valence-corrected chi connectivity index (χ0v) is 19.9. The van der Waals surface area contributed by atoms with Crippen molar-refractivity contribution in [3.8, 4) is 12.1 Å². The lowest BCUT2D eigenvalue weighted by Gasteiger charge is -2.48. The summed E-state index contributed by atoms with van der Waals surface area (Å²) in [7, 11) is 0. The topological polar surface area (TPSA) is 105 Å². The summed E-state index contributed by atoms with van der Waals surface area (Å²) >= 11 is 0. The second-order valence-electron chi connectivity index (χ2n) is 9.75. The minimum absolute atomic E-state index is 0.263. The number of nitrogens with zero attached hydrogens (tertiary/aromatic N) is 5. The van der Waals surface area contributed by atoms with Crippen LogP contribution < -0.4 is 15.8 Å². The summed E-state index contributed by atoms with van der Waals surface area (Å²) in [4.78, 5) is 11.4. The van der Waals surface area contributed by atoms with Crippen LogP contribution in [0.3, 0.4) is 0 Å². The minimum atomic E-state index is 0.263. The zero-order valence-electron chi connectivity index (χ0n) is 19.9. The molecule has 3 aromatic rings. The highest BCUT2D eigenvalue weighted by molar-refractivity contribution is 5.88. The monoisotopic (exact) mass is 459 g/mol. The van der Waals surface area contributed by atoms with E-state index in [1.54, 1.807) is 6.07 Å². The Hall–Kier alpha value is -3.15. The smallest absolute Gasteiger partial charge is 0.320 e. The Kier molecular flexibility index (Phi) is 6.40. The first-order valence-corrected chi connectivity index (χ1v) is 12.3. The molecule has 0 atom stereocenters. The van der Waals surface area contributed by atoms with E-state index in [0.29, 0.717) is 41.1 Å². The number of nitrogens with one attached hydrogen (secondary N) is 1. The van der Waals surface area contributed by atoms with Crippen molar-refractivity contribution in [2.45, 2.75) is 45.7 Å². The molecule has 5 rings (SSSR count). The van der Waals surface area contributed by atoms with Crippen LogP contribution in [0.5, 0.6) is 6.01 Å². The first-order valence-electron chi connectivity index (χ1n) is 12.3. The first kappa shape index (κ1) is 22.6.